The average molecular weight is 306 g/mol. The summed E-state index contributed by atoms with van der Waals surface area (Å²) in [5.74, 6) is -0.393. The molecule has 0 N–H and O–H groups in total. The molecule has 0 aliphatic carbocycles. The molecule has 0 aliphatic heterocycles. The van der Waals surface area contributed by atoms with E-state index in [1.807, 2.05) is 12.3 Å². The zero-order valence-corrected chi connectivity index (χ0v) is 13.4. The predicted octanol–water partition coefficient (Wildman–Crippen LogP) is 2.46. The number of rotatable bonds is 4. The van der Waals surface area contributed by atoms with E-state index in [0.717, 1.165) is 10.7 Å². The monoisotopic (exact) mass is 306 g/mol. The Balaban J connectivity index is 2.48. The van der Waals surface area contributed by atoms with Crippen molar-refractivity contribution in [1.29, 1.82) is 0 Å². The number of hydrogen-bond donors (Lipinski definition) is 0. The van der Waals surface area contributed by atoms with Gasteiger partial charge in [-0.05, 0) is 33.3 Å². The molecule has 0 radical (unpaired) electrons. The van der Waals surface area contributed by atoms with Crippen LogP contribution >= 0.6 is 11.3 Å². The molecule has 0 saturated heterocycles. The Morgan fingerprint density at radius 1 is 1.38 bits per heavy atom. The van der Waals surface area contributed by atoms with Crippen LogP contribution in [0.25, 0.3) is 0 Å². The lowest BCUT2D eigenvalue weighted by Crippen LogP contribution is -2.26. The summed E-state index contributed by atoms with van der Waals surface area (Å²) in [5, 5.41) is 2.87. The van der Waals surface area contributed by atoms with Crippen LogP contribution in [0.5, 0.6) is 0 Å². The van der Waals surface area contributed by atoms with Crippen molar-refractivity contribution in [2.45, 2.75) is 34.2 Å². The van der Waals surface area contributed by atoms with Crippen LogP contribution in [0.3, 0.4) is 0 Å². The number of thiazole rings is 1. The molecule has 2 aromatic rings. The maximum Gasteiger partial charge on any atom is 0.340 e. The van der Waals surface area contributed by atoms with Crippen molar-refractivity contribution in [1.82, 2.24) is 9.55 Å². The van der Waals surface area contributed by atoms with Gasteiger partial charge in [-0.3, -0.25) is 4.79 Å². The summed E-state index contributed by atoms with van der Waals surface area (Å²) in [5.41, 5.74) is 2.40. The van der Waals surface area contributed by atoms with Crippen molar-refractivity contribution in [3.63, 3.8) is 0 Å². The third kappa shape index (κ3) is 3.21. The zero-order valence-electron chi connectivity index (χ0n) is 12.6. The molecular weight excluding hydrogens is 288 g/mol. The molecule has 0 fully saturated rings. The smallest absolute Gasteiger partial charge is 0.340 e. The molecule has 0 bridgehead atoms. The van der Waals surface area contributed by atoms with Crippen LogP contribution in [-0.4, -0.2) is 22.1 Å². The first-order valence-corrected chi connectivity index (χ1v) is 7.61. The molecule has 2 aromatic heterocycles. The minimum atomic E-state index is -0.393. The van der Waals surface area contributed by atoms with Gasteiger partial charge in [-0.15, -0.1) is 11.3 Å². The third-order valence-corrected chi connectivity index (χ3v) is 4.06. The van der Waals surface area contributed by atoms with E-state index < -0.39 is 5.97 Å². The predicted molar refractivity (Wildman–Crippen MR) is 82.1 cm³/mol. The van der Waals surface area contributed by atoms with Gasteiger partial charge in [0.15, 0.2) is 0 Å². The minimum absolute atomic E-state index is 0.135. The summed E-state index contributed by atoms with van der Waals surface area (Å²) >= 11 is 1.54. The molecule has 0 aromatic carbocycles. The summed E-state index contributed by atoms with van der Waals surface area (Å²) in [4.78, 5) is 28.6. The van der Waals surface area contributed by atoms with E-state index >= 15 is 0 Å². The number of carbonyl (C=O) groups is 1. The van der Waals surface area contributed by atoms with Crippen LogP contribution < -0.4 is 5.56 Å². The number of esters is 1. The second-order valence-electron chi connectivity index (χ2n) is 4.79. The first kappa shape index (κ1) is 15.4. The summed E-state index contributed by atoms with van der Waals surface area (Å²) in [7, 11) is 0. The molecule has 0 aliphatic rings. The van der Waals surface area contributed by atoms with Crippen molar-refractivity contribution in [2.75, 3.05) is 6.61 Å². The summed E-state index contributed by atoms with van der Waals surface area (Å²) < 4.78 is 6.63. The second-order valence-corrected chi connectivity index (χ2v) is 5.85. The number of hydrogen-bond acceptors (Lipinski definition) is 5. The van der Waals surface area contributed by atoms with Crippen LogP contribution in [-0.2, 0) is 11.3 Å². The Morgan fingerprint density at radius 3 is 2.67 bits per heavy atom. The highest BCUT2D eigenvalue weighted by atomic mass is 32.1. The van der Waals surface area contributed by atoms with Gasteiger partial charge in [0.1, 0.15) is 0 Å². The zero-order chi connectivity index (χ0) is 15.6. The van der Waals surface area contributed by atoms with Gasteiger partial charge in [-0.2, -0.15) is 0 Å². The Hall–Kier alpha value is -1.95. The Morgan fingerprint density at radius 2 is 2.10 bits per heavy atom. The van der Waals surface area contributed by atoms with Crippen LogP contribution in [0.1, 0.15) is 39.2 Å². The number of ether oxygens (including phenoxy) is 1. The van der Waals surface area contributed by atoms with Crippen molar-refractivity contribution in [2.24, 2.45) is 0 Å². The third-order valence-electron chi connectivity index (χ3n) is 3.23. The van der Waals surface area contributed by atoms with Gasteiger partial charge in [0.25, 0.3) is 5.56 Å². The first-order chi connectivity index (χ1) is 9.93. The molecule has 21 heavy (non-hydrogen) atoms. The van der Waals surface area contributed by atoms with Crippen molar-refractivity contribution in [3.8, 4) is 0 Å². The van der Waals surface area contributed by atoms with Crippen molar-refractivity contribution < 1.29 is 9.53 Å². The van der Waals surface area contributed by atoms with E-state index in [-0.39, 0.29) is 5.56 Å². The standard InChI is InChI=1S/C15H18N2O3S/c1-5-20-15(19)14-9(2)6-13(18)17(10(14)3)7-12-8-21-11(4)16-12/h6,8H,5,7H2,1-4H3. The summed E-state index contributed by atoms with van der Waals surface area (Å²) in [6.45, 7) is 7.86. The molecule has 5 nitrogen and oxygen atoms in total. The van der Waals surface area contributed by atoms with Gasteiger partial charge >= 0.3 is 5.97 Å². The maximum atomic E-state index is 12.2. The van der Waals surface area contributed by atoms with Gasteiger partial charge in [0.05, 0.1) is 29.4 Å². The van der Waals surface area contributed by atoms with E-state index in [1.165, 1.54) is 17.4 Å². The van der Waals surface area contributed by atoms with Crippen LogP contribution in [0.4, 0.5) is 0 Å². The minimum Gasteiger partial charge on any atom is -0.462 e. The van der Waals surface area contributed by atoms with Crippen molar-refractivity contribution in [3.05, 3.63) is 49.3 Å². The molecule has 6 heteroatoms. The van der Waals surface area contributed by atoms with E-state index in [9.17, 15) is 9.59 Å². The highest BCUT2D eigenvalue weighted by Gasteiger charge is 2.18. The quantitative estimate of drug-likeness (QED) is 0.814. The van der Waals surface area contributed by atoms with Gasteiger partial charge in [0.2, 0.25) is 0 Å². The fourth-order valence-corrected chi connectivity index (χ4v) is 2.88. The molecule has 2 heterocycles. The number of aryl methyl sites for hydroxylation is 2. The second kappa shape index (κ2) is 6.22. The van der Waals surface area contributed by atoms with E-state index in [1.54, 1.807) is 25.3 Å². The summed E-state index contributed by atoms with van der Waals surface area (Å²) in [6.07, 6.45) is 0. The molecule has 0 saturated carbocycles. The van der Waals surface area contributed by atoms with E-state index in [2.05, 4.69) is 4.98 Å². The van der Waals surface area contributed by atoms with E-state index in [4.69, 9.17) is 4.74 Å². The molecule has 0 unspecified atom stereocenters. The fourth-order valence-electron chi connectivity index (χ4n) is 2.27. The molecule has 0 spiro atoms. The number of nitrogens with zero attached hydrogens (tertiary/aromatic N) is 2. The summed E-state index contributed by atoms with van der Waals surface area (Å²) in [6, 6.07) is 1.47. The highest BCUT2D eigenvalue weighted by Crippen LogP contribution is 2.15. The average Bonchev–Trinajstić information content (AvgIpc) is 2.80. The van der Waals surface area contributed by atoms with E-state index in [0.29, 0.717) is 30.0 Å². The lowest BCUT2D eigenvalue weighted by atomic mass is 10.1. The van der Waals surface area contributed by atoms with Gasteiger partial charge in [-0.25, -0.2) is 9.78 Å². The van der Waals surface area contributed by atoms with Crippen molar-refractivity contribution >= 4 is 17.3 Å². The number of aromatic nitrogens is 2. The normalized spacial score (nSPS) is 10.7. The molecule has 0 atom stereocenters. The fraction of sp³-hybridized carbons (Fsp3) is 0.400. The lowest BCUT2D eigenvalue weighted by molar-refractivity contribution is 0.0523. The number of carbonyl (C=O) groups excluding carboxylic acids is 1. The largest absolute Gasteiger partial charge is 0.462 e. The Kier molecular flexibility index (Phi) is 4.57. The van der Waals surface area contributed by atoms with Crippen LogP contribution in [0.15, 0.2) is 16.2 Å². The SMILES string of the molecule is CCOC(=O)c1c(C)cc(=O)n(Cc2csc(C)n2)c1C. The molecular formula is C15H18N2O3S. The lowest BCUT2D eigenvalue weighted by Gasteiger charge is -2.14. The van der Waals surface area contributed by atoms with Gasteiger partial charge in [0, 0.05) is 17.1 Å². The highest BCUT2D eigenvalue weighted by molar-refractivity contribution is 7.09. The topological polar surface area (TPSA) is 61.2 Å². The van der Waals surface area contributed by atoms with Crippen LogP contribution in [0.2, 0.25) is 0 Å². The molecule has 0 amide bonds. The Labute approximate surface area is 127 Å². The molecule has 2 rings (SSSR count). The van der Waals surface area contributed by atoms with Gasteiger partial charge < -0.3 is 9.30 Å². The number of pyridine rings is 1. The van der Waals surface area contributed by atoms with Gasteiger partial charge in [-0.1, -0.05) is 0 Å². The molecule has 112 valence electrons. The maximum absolute atomic E-state index is 12.2. The Bertz CT molecular complexity index is 731. The first-order valence-electron chi connectivity index (χ1n) is 6.73. The van der Waals surface area contributed by atoms with Crippen LogP contribution in [0, 0.1) is 20.8 Å².